The van der Waals surface area contributed by atoms with Gasteiger partial charge in [0.2, 0.25) is 5.91 Å². The number of nitrogens with two attached hydrogens (primary N) is 1. The van der Waals surface area contributed by atoms with Crippen molar-refractivity contribution in [3.05, 3.63) is 29.3 Å². The summed E-state index contributed by atoms with van der Waals surface area (Å²) in [5.41, 5.74) is 8.60. The van der Waals surface area contributed by atoms with Crippen molar-refractivity contribution >= 4 is 11.6 Å². The van der Waals surface area contributed by atoms with Gasteiger partial charge in [-0.15, -0.1) is 0 Å². The SMILES string of the molecule is CC(C)N.CC(C)N[C@@H]1CCc2cccc3c2N(C1=O)[C@@H](CO)C3.[HH].[HH]. The van der Waals surface area contributed by atoms with E-state index in [4.69, 9.17) is 5.73 Å². The second kappa shape index (κ2) is 8.10. The van der Waals surface area contributed by atoms with Crippen LogP contribution in [0.2, 0.25) is 0 Å². The minimum atomic E-state index is -0.151. The second-order valence-corrected chi connectivity index (χ2v) is 7.33. The highest BCUT2D eigenvalue weighted by molar-refractivity contribution is 6.01. The van der Waals surface area contributed by atoms with E-state index in [1.54, 1.807) is 0 Å². The van der Waals surface area contributed by atoms with Crippen molar-refractivity contribution in [2.75, 3.05) is 11.5 Å². The van der Waals surface area contributed by atoms with Crippen LogP contribution < -0.4 is 16.0 Å². The molecule has 0 saturated heterocycles. The lowest BCUT2D eigenvalue weighted by molar-refractivity contribution is -0.121. The van der Waals surface area contributed by atoms with Gasteiger partial charge in [-0.25, -0.2) is 0 Å². The molecule has 2 aliphatic heterocycles. The van der Waals surface area contributed by atoms with E-state index < -0.39 is 0 Å². The molecule has 2 atom stereocenters. The summed E-state index contributed by atoms with van der Waals surface area (Å²) in [6, 6.07) is 6.60. The highest BCUT2D eigenvalue weighted by Gasteiger charge is 2.40. The Morgan fingerprint density at radius 3 is 2.54 bits per heavy atom. The number of carbonyl (C=O) groups excluding carboxylic acids is 1. The van der Waals surface area contributed by atoms with Crippen LogP contribution in [-0.4, -0.2) is 41.8 Å². The van der Waals surface area contributed by atoms with E-state index in [0.717, 1.165) is 24.9 Å². The number of hydrogen-bond acceptors (Lipinski definition) is 4. The first-order chi connectivity index (χ1) is 11.3. The molecule has 5 heteroatoms. The summed E-state index contributed by atoms with van der Waals surface area (Å²) in [6.07, 6.45) is 2.50. The van der Waals surface area contributed by atoms with Gasteiger partial charge in [-0.2, -0.15) is 0 Å². The molecule has 1 aromatic rings. The van der Waals surface area contributed by atoms with Crippen LogP contribution in [0.4, 0.5) is 5.69 Å². The fraction of sp³-hybridized carbons (Fsp3) is 0.632. The van der Waals surface area contributed by atoms with E-state index >= 15 is 0 Å². The van der Waals surface area contributed by atoms with Crippen LogP contribution in [0.3, 0.4) is 0 Å². The lowest BCUT2D eigenvalue weighted by Gasteiger charge is -2.28. The summed E-state index contributed by atoms with van der Waals surface area (Å²) < 4.78 is 0. The van der Waals surface area contributed by atoms with Gasteiger partial charge in [0, 0.05) is 8.90 Å². The lowest BCUT2D eigenvalue weighted by atomic mass is 10.0. The number of anilines is 1. The molecule has 4 N–H and O–H groups in total. The molecule has 5 nitrogen and oxygen atoms in total. The van der Waals surface area contributed by atoms with Gasteiger partial charge in [0.05, 0.1) is 24.4 Å². The lowest BCUT2D eigenvalue weighted by Crippen LogP contribution is -2.51. The number of hydrogen-bond donors (Lipinski definition) is 3. The van der Waals surface area contributed by atoms with Crippen LogP contribution in [0.15, 0.2) is 18.2 Å². The molecule has 0 fully saturated rings. The van der Waals surface area contributed by atoms with Crippen LogP contribution in [-0.2, 0) is 17.6 Å². The Labute approximate surface area is 148 Å². The van der Waals surface area contributed by atoms with Gasteiger partial charge >= 0.3 is 0 Å². The van der Waals surface area contributed by atoms with E-state index in [2.05, 4.69) is 37.4 Å². The molecule has 1 aromatic carbocycles. The Morgan fingerprint density at radius 1 is 1.33 bits per heavy atom. The van der Waals surface area contributed by atoms with Gasteiger partial charge in [-0.1, -0.05) is 45.9 Å². The number of benzene rings is 1. The van der Waals surface area contributed by atoms with E-state index in [9.17, 15) is 9.90 Å². The zero-order valence-electron chi connectivity index (χ0n) is 15.2. The number of carbonyl (C=O) groups is 1. The molecule has 0 spiro atoms. The van der Waals surface area contributed by atoms with Gasteiger partial charge in [0.15, 0.2) is 0 Å². The minimum absolute atomic E-state index is 0. The summed E-state index contributed by atoms with van der Waals surface area (Å²) in [6.45, 7) is 8.03. The normalized spacial score (nSPS) is 22.3. The van der Waals surface area contributed by atoms with Gasteiger partial charge in [0.1, 0.15) is 0 Å². The predicted octanol–water partition coefficient (Wildman–Crippen LogP) is 2.09. The molecule has 0 saturated carbocycles. The summed E-state index contributed by atoms with van der Waals surface area (Å²) in [5.74, 6) is 0.112. The maximum Gasteiger partial charge on any atom is 0.244 e. The van der Waals surface area contributed by atoms with E-state index in [1.165, 1.54) is 11.1 Å². The minimum Gasteiger partial charge on any atom is -0.394 e. The summed E-state index contributed by atoms with van der Waals surface area (Å²) >= 11 is 0. The predicted molar refractivity (Wildman–Crippen MR) is 102 cm³/mol. The Kier molecular flexibility index (Phi) is 6.38. The molecule has 0 aliphatic carbocycles. The molecule has 3 rings (SSSR count). The zero-order chi connectivity index (χ0) is 17.9. The third kappa shape index (κ3) is 4.15. The largest absolute Gasteiger partial charge is 0.394 e. The number of nitrogens with zero attached hydrogens (tertiary/aromatic N) is 1. The van der Waals surface area contributed by atoms with Gasteiger partial charge in [-0.05, 0) is 36.4 Å². The van der Waals surface area contributed by atoms with Crippen LogP contribution in [0.1, 0.15) is 48.1 Å². The first-order valence-corrected chi connectivity index (χ1v) is 8.91. The van der Waals surface area contributed by atoms with Crippen molar-refractivity contribution in [2.45, 2.75) is 71.1 Å². The molecule has 24 heavy (non-hydrogen) atoms. The van der Waals surface area contributed by atoms with E-state index in [-0.39, 0.29) is 33.5 Å². The third-order valence-electron chi connectivity index (χ3n) is 4.25. The molecule has 0 bridgehead atoms. The highest BCUT2D eigenvalue weighted by atomic mass is 16.3. The number of rotatable bonds is 3. The molecule has 0 unspecified atom stereocenters. The van der Waals surface area contributed by atoms with Crippen molar-refractivity contribution < 1.29 is 12.8 Å². The zero-order valence-corrected chi connectivity index (χ0v) is 15.2. The quantitative estimate of drug-likeness (QED) is 0.789. The van der Waals surface area contributed by atoms with Crippen molar-refractivity contribution in [2.24, 2.45) is 5.73 Å². The molecule has 1 amide bonds. The van der Waals surface area contributed by atoms with Crippen molar-refractivity contribution in [3.8, 4) is 0 Å². The Morgan fingerprint density at radius 2 is 1.96 bits per heavy atom. The standard InChI is InChI=1S/C16H22N2O2.C3H9N.2H2/c1-10(2)17-14-7-6-11-4-3-5-12-8-13(9-19)18(15(11)12)16(14)20;1-3(2)4;;/h3-5,10,13-14,17,19H,6-9H2,1-2H3;3H,4H2,1-2H3;2*1H/t13-,14-;;;/m1.../s1. The van der Waals surface area contributed by atoms with Crippen LogP contribution in [0.25, 0.3) is 0 Å². The molecular formula is C19H35N3O2. The van der Waals surface area contributed by atoms with Crippen molar-refractivity contribution in [1.82, 2.24) is 5.32 Å². The molecular weight excluding hydrogens is 302 g/mol. The van der Waals surface area contributed by atoms with Crippen molar-refractivity contribution in [3.63, 3.8) is 0 Å². The number of aliphatic hydroxyl groups is 1. The average Bonchev–Trinajstić information content (AvgIpc) is 2.82. The molecule has 2 aliphatic rings. The summed E-state index contributed by atoms with van der Waals surface area (Å²) in [7, 11) is 0. The first kappa shape index (κ1) is 18.9. The van der Waals surface area contributed by atoms with Crippen LogP contribution in [0.5, 0.6) is 0 Å². The maximum absolute atomic E-state index is 12.8. The number of amides is 1. The van der Waals surface area contributed by atoms with Crippen molar-refractivity contribution in [1.29, 1.82) is 0 Å². The topological polar surface area (TPSA) is 78.6 Å². The Hall–Kier alpha value is -1.43. The smallest absolute Gasteiger partial charge is 0.244 e. The van der Waals surface area contributed by atoms with Gasteiger partial charge < -0.3 is 21.1 Å². The monoisotopic (exact) mass is 337 g/mol. The molecule has 138 valence electrons. The Balaban J connectivity index is 0.000000951. The summed E-state index contributed by atoms with van der Waals surface area (Å²) in [4.78, 5) is 14.7. The van der Waals surface area contributed by atoms with Crippen LogP contribution in [0, 0.1) is 0 Å². The molecule has 0 aromatic heterocycles. The fourth-order valence-corrected chi connectivity index (χ4v) is 3.43. The summed E-state index contributed by atoms with van der Waals surface area (Å²) in [5, 5.41) is 13.0. The van der Waals surface area contributed by atoms with E-state index in [1.807, 2.05) is 18.7 Å². The Bertz CT molecular complexity index is 579. The van der Waals surface area contributed by atoms with Crippen LogP contribution >= 0.6 is 0 Å². The molecule has 2 heterocycles. The highest BCUT2D eigenvalue weighted by Crippen LogP contribution is 2.38. The second-order valence-electron chi connectivity index (χ2n) is 7.33. The van der Waals surface area contributed by atoms with Gasteiger partial charge in [0.25, 0.3) is 0 Å². The number of para-hydroxylation sites is 1. The number of aliphatic hydroxyl groups excluding tert-OH is 1. The third-order valence-corrected chi connectivity index (χ3v) is 4.25. The average molecular weight is 338 g/mol. The van der Waals surface area contributed by atoms with Gasteiger partial charge in [-0.3, -0.25) is 4.79 Å². The number of aryl methyl sites for hydroxylation is 1. The van der Waals surface area contributed by atoms with E-state index in [0.29, 0.717) is 6.04 Å². The first-order valence-electron chi connectivity index (χ1n) is 8.91. The maximum atomic E-state index is 12.8. The number of nitrogens with one attached hydrogen (secondary N) is 1. The molecule has 0 radical (unpaired) electrons. The fourth-order valence-electron chi connectivity index (χ4n) is 3.43.